The van der Waals surface area contributed by atoms with Crippen LogP contribution in [0.1, 0.15) is 37.5 Å². The molecule has 164 valence electrons. The maximum atomic E-state index is 12.9. The molecular formula is C22H25N3O4S2. The predicted octanol–water partition coefficient (Wildman–Crippen LogP) is 3.97. The molecule has 1 fully saturated rings. The third-order valence-electron chi connectivity index (χ3n) is 5.17. The number of carbonyl (C=O) groups is 1. The molecule has 1 heterocycles. The number of amides is 1. The summed E-state index contributed by atoms with van der Waals surface area (Å²) in [5.41, 5.74) is 1.79. The lowest BCUT2D eigenvalue weighted by Crippen LogP contribution is -2.30. The highest BCUT2D eigenvalue weighted by atomic mass is 32.2. The summed E-state index contributed by atoms with van der Waals surface area (Å²) in [5, 5.41) is 2.87. The molecule has 0 spiro atoms. The van der Waals surface area contributed by atoms with Gasteiger partial charge < -0.3 is 9.73 Å². The first-order valence-corrected chi connectivity index (χ1v) is 12.7. The number of rotatable bonds is 9. The van der Waals surface area contributed by atoms with Gasteiger partial charge >= 0.3 is 0 Å². The van der Waals surface area contributed by atoms with Gasteiger partial charge in [0.1, 0.15) is 10.8 Å². The summed E-state index contributed by atoms with van der Waals surface area (Å²) >= 11 is 1.22. The minimum absolute atomic E-state index is 0.0780. The number of oxazole rings is 1. The highest BCUT2D eigenvalue weighted by molar-refractivity contribution is 8.00. The minimum Gasteiger partial charge on any atom is -0.431 e. The number of aromatic nitrogens is 1. The molecule has 1 atom stereocenters. The van der Waals surface area contributed by atoms with Crippen molar-refractivity contribution in [2.24, 2.45) is 0 Å². The zero-order valence-electron chi connectivity index (χ0n) is 17.4. The highest BCUT2D eigenvalue weighted by Gasteiger charge is 2.30. The van der Waals surface area contributed by atoms with Crippen LogP contribution in [0.3, 0.4) is 0 Å². The first-order chi connectivity index (χ1) is 14.9. The van der Waals surface area contributed by atoms with E-state index >= 15 is 0 Å². The number of nitrogens with one attached hydrogen (secondary N) is 1. The summed E-state index contributed by atoms with van der Waals surface area (Å²) < 4.78 is 32.9. The Bertz CT molecular complexity index is 1170. The largest absolute Gasteiger partial charge is 0.431 e. The third-order valence-corrected chi connectivity index (χ3v) is 8.31. The maximum absolute atomic E-state index is 12.9. The van der Waals surface area contributed by atoms with Crippen molar-refractivity contribution in [2.75, 3.05) is 13.1 Å². The summed E-state index contributed by atoms with van der Waals surface area (Å²) in [4.78, 5) is 17.5. The van der Waals surface area contributed by atoms with E-state index in [-0.39, 0.29) is 16.8 Å². The number of thioether (sulfide) groups is 1. The van der Waals surface area contributed by atoms with Crippen molar-refractivity contribution in [1.82, 2.24) is 14.6 Å². The molecule has 4 rings (SSSR count). The normalized spacial score (nSPS) is 15.3. The Balaban J connectivity index is 1.63. The molecule has 9 heteroatoms. The van der Waals surface area contributed by atoms with Gasteiger partial charge in [-0.25, -0.2) is 13.4 Å². The van der Waals surface area contributed by atoms with E-state index in [1.54, 1.807) is 19.9 Å². The maximum Gasteiger partial charge on any atom is 0.257 e. The van der Waals surface area contributed by atoms with Gasteiger partial charge in [0, 0.05) is 19.1 Å². The van der Waals surface area contributed by atoms with Gasteiger partial charge in [-0.2, -0.15) is 4.31 Å². The second-order valence-corrected chi connectivity index (χ2v) is 10.4. The van der Waals surface area contributed by atoms with Crippen LogP contribution in [0.5, 0.6) is 0 Å². The molecule has 0 unspecified atom stereocenters. The number of fused-ring (bicyclic) bond motifs is 1. The van der Waals surface area contributed by atoms with Crippen LogP contribution in [0.4, 0.5) is 0 Å². The van der Waals surface area contributed by atoms with E-state index in [4.69, 9.17) is 4.42 Å². The average molecular weight is 460 g/mol. The van der Waals surface area contributed by atoms with E-state index in [0.717, 1.165) is 18.4 Å². The van der Waals surface area contributed by atoms with Gasteiger partial charge in [-0.1, -0.05) is 44.2 Å². The fraction of sp³-hybridized carbons (Fsp3) is 0.364. The molecular weight excluding hydrogens is 434 g/mol. The smallest absolute Gasteiger partial charge is 0.257 e. The molecule has 0 saturated heterocycles. The first kappa shape index (κ1) is 21.9. The quantitative estimate of drug-likeness (QED) is 0.487. The highest BCUT2D eigenvalue weighted by Crippen LogP contribution is 2.37. The van der Waals surface area contributed by atoms with Gasteiger partial charge in [-0.05, 0) is 48.4 Å². The van der Waals surface area contributed by atoms with Crippen LogP contribution in [0.15, 0.2) is 63.1 Å². The lowest BCUT2D eigenvalue weighted by Gasteiger charge is -2.18. The molecule has 1 aliphatic carbocycles. The van der Waals surface area contributed by atoms with E-state index in [9.17, 15) is 13.2 Å². The molecule has 1 aliphatic rings. The second-order valence-electron chi connectivity index (χ2n) is 7.39. The molecule has 7 nitrogen and oxygen atoms in total. The van der Waals surface area contributed by atoms with Crippen molar-refractivity contribution in [3.8, 4) is 0 Å². The number of hydrogen-bond donors (Lipinski definition) is 1. The van der Waals surface area contributed by atoms with Crippen molar-refractivity contribution in [2.45, 2.75) is 48.1 Å². The van der Waals surface area contributed by atoms with Crippen molar-refractivity contribution in [1.29, 1.82) is 0 Å². The monoisotopic (exact) mass is 459 g/mol. The Hall–Kier alpha value is -2.36. The topological polar surface area (TPSA) is 92.5 Å². The number of benzene rings is 2. The summed E-state index contributed by atoms with van der Waals surface area (Å²) in [5.74, 6) is -0.0780. The van der Waals surface area contributed by atoms with Gasteiger partial charge in [0.05, 0.1) is 4.90 Å². The van der Waals surface area contributed by atoms with Crippen molar-refractivity contribution >= 4 is 38.8 Å². The SMILES string of the molecule is CCN(CC)S(=O)(=O)c1ccc2oc(S[C@@H](C(=O)NC3CC3)c3ccccc3)nc2c1. The van der Waals surface area contributed by atoms with Crippen LogP contribution in [0.2, 0.25) is 0 Å². The Morgan fingerprint density at radius 3 is 2.55 bits per heavy atom. The standard InChI is InChI=1S/C22H25N3O4S2/c1-3-25(4-2)31(27,28)17-12-13-19-18(14-17)24-22(29-19)30-20(15-8-6-5-7-9-15)21(26)23-16-10-11-16/h5-9,12-14,16,20H,3-4,10-11H2,1-2H3,(H,23,26)/t20-/m1/s1. The molecule has 0 aliphatic heterocycles. The molecule has 0 radical (unpaired) electrons. The lowest BCUT2D eigenvalue weighted by molar-refractivity contribution is -0.120. The second kappa shape index (κ2) is 9.02. The van der Waals surface area contributed by atoms with E-state index < -0.39 is 15.3 Å². The van der Waals surface area contributed by atoms with Crippen LogP contribution < -0.4 is 5.32 Å². The number of hydrogen-bond acceptors (Lipinski definition) is 6. The number of nitrogens with zero attached hydrogens (tertiary/aromatic N) is 2. The van der Waals surface area contributed by atoms with Crippen LogP contribution in [0, 0.1) is 0 Å². The van der Waals surface area contributed by atoms with Crippen molar-refractivity contribution < 1.29 is 17.6 Å². The van der Waals surface area contributed by atoms with Crippen LogP contribution in [-0.2, 0) is 14.8 Å². The lowest BCUT2D eigenvalue weighted by atomic mass is 10.1. The molecule has 31 heavy (non-hydrogen) atoms. The fourth-order valence-electron chi connectivity index (χ4n) is 3.32. The first-order valence-electron chi connectivity index (χ1n) is 10.3. The molecule has 2 aromatic carbocycles. The van der Waals surface area contributed by atoms with E-state index in [1.165, 1.54) is 28.2 Å². The summed E-state index contributed by atoms with van der Waals surface area (Å²) in [7, 11) is -3.59. The predicted molar refractivity (Wildman–Crippen MR) is 120 cm³/mol. The fourth-order valence-corrected chi connectivity index (χ4v) is 5.75. The van der Waals surface area contributed by atoms with Gasteiger partial charge in [-0.15, -0.1) is 0 Å². The van der Waals surface area contributed by atoms with E-state index in [2.05, 4.69) is 10.3 Å². The zero-order valence-corrected chi connectivity index (χ0v) is 19.1. The Labute approximate surface area is 186 Å². The summed E-state index contributed by atoms with van der Waals surface area (Å²) in [6, 6.07) is 14.4. The van der Waals surface area contributed by atoms with Gasteiger partial charge in [0.2, 0.25) is 15.9 Å². The summed E-state index contributed by atoms with van der Waals surface area (Å²) in [6.07, 6.45) is 2.01. The van der Waals surface area contributed by atoms with Crippen LogP contribution in [0.25, 0.3) is 11.1 Å². The average Bonchev–Trinajstić information content (AvgIpc) is 3.48. The molecule has 1 saturated carbocycles. The number of sulfonamides is 1. The Morgan fingerprint density at radius 1 is 1.19 bits per heavy atom. The molecule has 1 amide bonds. The summed E-state index contributed by atoms with van der Waals surface area (Å²) in [6.45, 7) is 4.40. The molecule has 0 bridgehead atoms. The third kappa shape index (κ3) is 4.78. The molecule has 1 aromatic heterocycles. The van der Waals surface area contributed by atoms with E-state index in [1.807, 2.05) is 30.3 Å². The molecule has 1 N–H and O–H groups in total. The van der Waals surface area contributed by atoms with Gasteiger partial charge in [0.25, 0.3) is 5.22 Å². The molecule has 3 aromatic rings. The van der Waals surface area contributed by atoms with Crippen LogP contribution >= 0.6 is 11.8 Å². The zero-order chi connectivity index (χ0) is 22.0. The van der Waals surface area contributed by atoms with Crippen LogP contribution in [-0.4, -0.2) is 42.7 Å². The van der Waals surface area contributed by atoms with Crippen molar-refractivity contribution in [3.05, 3.63) is 54.1 Å². The minimum atomic E-state index is -3.59. The number of carbonyl (C=O) groups excluding carboxylic acids is 1. The Morgan fingerprint density at radius 2 is 1.90 bits per heavy atom. The Kier molecular flexibility index (Phi) is 6.36. The van der Waals surface area contributed by atoms with Gasteiger partial charge in [-0.3, -0.25) is 4.79 Å². The van der Waals surface area contributed by atoms with Crippen molar-refractivity contribution in [3.63, 3.8) is 0 Å². The van der Waals surface area contributed by atoms with Gasteiger partial charge in [0.15, 0.2) is 5.58 Å². The van der Waals surface area contributed by atoms with E-state index in [0.29, 0.717) is 29.4 Å².